The van der Waals surface area contributed by atoms with Crippen molar-refractivity contribution in [1.82, 2.24) is 5.32 Å². The Labute approximate surface area is 114 Å². The van der Waals surface area contributed by atoms with E-state index < -0.39 is 0 Å². The quantitative estimate of drug-likeness (QED) is 0.759. The van der Waals surface area contributed by atoms with Gasteiger partial charge in [-0.15, -0.1) is 0 Å². The summed E-state index contributed by atoms with van der Waals surface area (Å²) >= 11 is 0. The number of aliphatic hydroxyl groups is 1. The molecule has 1 aromatic carbocycles. The van der Waals surface area contributed by atoms with Crippen molar-refractivity contribution in [2.45, 2.75) is 18.9 Å². The molecule has 19 heavy (non-hydrogen) atoms. The summed E-state index contributed by atoms with van der Waals surface area (Å²) in [4.78, 5) is 0. The van der Waals surface area contributed by atoms with E-state index in [1.54, 1.807) is 19.2 Å². The Bertz CT molecular complexity index is 384. The molecule has 0 amide bonds. The van der Waals surface area contributed by atoms with E-state index >= 15 is 0 Å². The zero-order valence-corrected chi connectivity index (χ0v) is 11.5. The largest absolute Gasteiger partial charge is 0.396 e. The lowest BCUT2D eigenvalue weighted by Crippen LogP contribution is -2.47. The number of methoxy groups -OCH3 is 1. The number of hydrogen-bond donors (Lipinski definition) is 2. The summed E-state index contributed by atoms with van der Waals surface area (Å²) in [5.74, 6) is -0.231. The fourth-order valence-corrected chi connectivity index (χ4v) is 1.85. The predicted molar refractivity (Wildman–Crippen MR) is 75.4 cm³/mol. The Morgan fingerprint density at radius 1 is 1.37 bits per heavy atom. The molecule has 0 saturated carbocycles. The van der Waals surface area contributed by atoms with Crippen LogP contribution in [-0.2, 0) is 4.74 Å². The average molecular weight is 267 g/mol. The molecule has 0 aliphatic carbocycles. The van der Waals surface area contributed by atoms with Gasteiger partial charge < -0.3 is 15.2 Å². The Morgan fingerprint density at radius 3 is 2.63 bits per heavy atom. The first kappa shape index (κ1) is 15.8. The van der Waals surface area contributed by atoms with Crippen LogP contribution in [0.5, 0.6) is 0 Å². The normalized spacial score (nSPS) is 14.7. The first-order valence-electron chi connectivity index (χ1n) is 6.36. The summed E-state index contributed by atoms with van der Waals surface area (Å²) in [5.41, 5.74) is 0.718. The van der Waals surface area contributed by atoms with Crippen LogP contribution in [0.1, 0.15) is 18.9 Å². The smallest absolute Gasteiger partial charge is 0.123 e. The third kappa shape index (κ3) is 5.96. The van der Waals surface area contributed by atoms with Crippen molar-refractivity contribution in [1.29, 1.82) is 0 Å². The molecule has 0 spiro atoms. The van der Waals surface area contributed by atoms with Crippen molar-refractivity contribution >= 4 is 6.08 Å². The summed E-state index contributed by atoms with van der Waals surface area (Å²) in [7, 11) is 1.64. The molecule has 2 N–H and O–H groups in total. The third-order valence-corrected chi connectivity index (χ3v) is 2.95. The Hall–Kier alpha value is -1.23. The van der Waals surface area contributed by atoms with E-state index in [1.807, 2.05) is 19.1 Å². The zero-order valence-electron chi connectivity index (χ0n) is 11.5. The minimum absolute atomic E-state index is 0.120. The van der Waals surface area contributed by atoms with Crippen molar-refractivity contribution in [3.8, 4) is 0 Å². The highest BCUT2D eigenvalue weighted by Gasteiger charge is 2.21. The molecule has 1 rings (SSSR count). The number of ether oxygens (including phenoxy) is 1. The second-order valence-electron chi connectivity index (χ2n) is 4.80. The fraction of sp³-hybridized carbons (Fsp3) is 0.467. The van der Waals surface area contributed by atoms with Crippen molar-refractivity contribution in [2.24, 2.45) is 0 Å². The van der Waals surface area contributed by atoms with E-state index in [0.29, 0.717) is 19.6 Å². The first-order valence-corrected chi connectivity index (χ1v) is 6.36. The molecule has 1 aromatic rings. The van der Waals surface area contributed by atoms with Crippen LogP contribution in [0.25, 0.3) is 6.08 Å². The number of hydrogen-bond acceptors (Lipinski definition) is 3. The fourth-order valence-electron chi connectivity index (χ4n) is 1.85. The summed E-state index contributed by atoms with van der Waals surface area (Å²) in [6.45, 7) is 3.34. The minimum atomic E-state index is -0.239. The molecule has 1 unspecified atom stereocenters. The van der Waals surface area contributed by atoms with Crippen LogP contribution < -0.4 is 5.32 Å². The van der Waals surface area contributed by atoms with Gasteiger partial charge in [0, 0.05) is 25.8 Å². The highest BCUT2D eigenvalue weighted by molar-refractivity contribution is 5.48. The van der Waals surface area contributed by atoms with Crippen molar-refractivity contribution < 1.29 is 14.2 Å². The summed E-state index contributed by atoms with van der Waals surface area (Å²) in [6, 6.07) is 6.34. The van der Waals surface area contributed by atoms with Crippen LogP contribution in [0, 0.1) is 5.82 Å². The number of rotatable bonds is 8. The maximum atomic E-state index is 12.7. The van der Waals surface area contributed by atoms with Crippen LogP contribution in [0.3, 0.4) is 0 Å². The number of benzene rings is 1. The Balaban J connectivity index is 2.45. The topological polar surface area (TPSA) is 41.5 Å². The minimum Gasteiger partial charge on any atom is -0.396 e. The van der Waals surface area contributed by atoms with Gasteiger partial charge in [-0.25, -0.2) is 4.39 Å². The van der Waals surface area contributed by atoms with Gasteiger partial charge in [0.15, 0.2) is 0 Å². The van der Waals surface area contributed by atoms with Crippen LogP contribution in [0.4, 0.5) is 4.39 Å². The average Bonchev–Trinajstić information content (AvgIpc) is 2.37. The number of nitrogens with one attached hydrogen (secondary N) is 1. The predicted octanol–water partition coefficient (Wildman–Crippen LogP) is 2.22. The first-order chi connectivity index (χ1) is 9.09. The van der Waals surface area contributed by atoms with E-state index in [4.69, 9.17) is 9.84 Å². The van der Waals surface area contributed by atoms with E-state index in [1.165, 1.54) is 12.1 Å². The molecular weight excluding hydrogens is 245 g/mol. The summed E-state index contributed by atoms with van der Waals surface area (Å²) in [6.07, 6.45) is 4.53. The highest BCUT2D eigenvalue weighted by Crippen LogP contribution is 2.09. The molecule has 0 saturated heterocycles. The van der Waals surface area contributed by atoms with E-state index in [9.17, 15) is 4.39 Å². The molecule has 0 aliphatic rings. The second kappa shape index (κ2) is 8.04. The lowest BCUT2D eigenvalue weighted by atomic mass is 9.99. The molecule has 0 heterocycles. The molecule has 0 aromatic heterocycles. The molecule has 0 bridgehead atoms. The highest BCUT2D eigenvalue weighted by atomic mass is 19.1. The number of aliphatic hydroxyl groups excluding tert-OH is 1. The van der Waals surface area contributed by atoms with Crippen molar-refractivity contribution in [3.05, 3.63) is 41.7 Å². The van der Waals surface area contributed by atoms with E-state index in [0.717, 1.165) is 5.56 Å². The van der Waals surface area contributed by atoms with Crippen molar-refractivity contribution in [2.75, 3.05) is 26.9 Å². The number of halogens is 1. The van der Waals surface area contributed by atoms with Crippen LogP contribution in [0.2, 0.25) is 0 Å². The second-order valence-corrected chi connectivity index (χ2v) is 4.80. The van der Waals surface area contributed by atoms with Gasteiger partial charge in [0.1, 0.15) is 5.82 Å². The Morgan fingerprint density at radius 2 is 2.05 bits per heavy atom. The van der Waals surface area contributed by atoms with E-state index in [-0.39, 0.29) is 18.0 Å². The maximum absolute atomic E-state index is 12.7. The van der Waals surface area contributed by atoms with Gasteiger partial charge in [0.05, 0.1) is 6.61 Å². The van der Waals surface area contributed by atoms with Gasteiger partial charge in [0.25, 0.3) is 0 Å². The molecule has 4 heteroatoms. The van der Waals surface area contributed by atoms with Crippen LogP contribution in [0.15, 0.2) is 30.3 Å². The summed E-state index contributed by atoms with van der Waals surface area (Å²) < 4.78 is 17.9. The molecule has 0 aliphatic heterocycles. The molecule has 1 atom stereocenters. The summed E-state index contributed by atoms with van der Waals surface area (Å²) in [5, 5.41) is 12.4. The van der Waals surface area contributed by atoms with Gasteiger partial charge in [-0.3, -0.25) is 0 Å². The monoisotopic (exact) mass is 267 g/mol. The molecule has 106 valence electrons. The SMILES string of the molecule is COCC(C)(CCO)NC/C=C/c1ccc(F)cc1. The molecule has 0 fully saturated rings. The van der Waals surface area contributed by atoms with Crippen molar-refractivity contribution in [3.63, 3.8) is 0 Å². The van der Waals surface area contributed by atoms with Gasteiger partial charge in [0.2, 0.25) is 0 Å². The maximum Gasteiger partial charge on any atom is 0.123 e. The molecule has 3 nitrogen and oxygen atoms in total. The van der Waals surface area contributed by atoms with Crippen LogP contribution >= 0.6 is 0 Å². The molecule has 0 radical (unpaired) electrons. The lowest BCUT2D eigenvalue weighted by molar-refractivity contribution is 0.100. The van der Waals surface area contributed by atoms with Gasteiger partial charge in [-0.2, -0.15) is 0 Å². The third-order valence-electron chi connectivity index (χ3n) is 2.95. The van der Waals surface area contributed by atoms with Gasteiger partial charge in [-0.1, -0.05) is 24.3 Å². The van der Waals surface area contributed by atoms with E-state index in [2.05, 4.69) is 5.32 Å². The van der Waals surface area contributed by atoms with Crippen LogP contribution in [-0.4, -0.2) is 37.5 Å². The van der Waals surface area contributed by atoms with Gasteiger partial charge in [-0.05, 0) is 31.0 Å². The lowest BCUT2D eigenvalue weighted by Gasteiger charge is -2.29. The Kier molecular flexibility index (Phi) is 6.70. The zero-order chi connectivity index (χ0) is 14.1. The van der Waals surface area contributed by atoms with Gasteiger partial charge >= 0.3 is 0 Å². The standard InChI is InChI=1S/C15H22FNO2/c1-15(9-11-18,12-19-2)17-10-3-4-13-5-7-14(16)8-6-13/h3-8,17-18H,9-12H2,1-2H3/b4-3+. The molecular formula is C15H22FNO2.